The number of hydrazine groups is 1. The molecule has 1 aromatic rings. The van der Waals surface area contributed by atoms with Crippen LogP contribution in [-0.2, 0) is 28.8 Å². The molecule has 0 spiro atoms. The summed E-state index contributed by atoms with van der Waals surface area (Å²) in [4.78, 5) is 56.8. The lowest BCUT2D eigenvalue weighted by Gasteiger charge is -2.21. The number of aromatic nitrogens is 1. The Balaban J connectivity index is 1.78. The third-order valence-corrected chi connectivity index (χ3v) is 4.94. The maximum absolute atomic E-state index is 12.9. The number of aliphatic carboxylic acids is 1. The number of anilines is 1. The number of oxime groups is 1. The maximum atomic E-state index is 12.9. The number of amides is 2. The number of rotatable bonds is 7. The highest BCUT2D eigenvalue weighted by molar-refractivity contribution is 7.13. The molecule has 0 unspecified atom stereocenters. The lowest BCUT2D eigenvalue weighted by Crippen LogP contribution is -2.46. The fourth-order valence-corrected chi connectivity index (χ4v) is 3.58. The summed E-state index contributed by atoms with van der Waals surface area (Å²) in [7, 11) is 1.26. The van der Waals surface area contributed by atoms with E-state index in [2.05, 4.69) is 15.5 Å². The van der Waals surface area contributed by atoms with Crippen LogP contribution in [0.15, 0.2) is 21.8 Å². The molecule has 0 aromatic carbocycles. The average molecular weight is 438 g/mol. The Morgan fingerprint density at radius 3 is 2.77 bits per heavy atom. The number of ether oxygens (including phenoxy) is 1. The number of hydrogen-bond acceptors (Lipinski definition) is 11. The van der Waals surface area contributed by atoms with Crippen LogP contribution in [0, 0.1) is 0 Å². The van der Waals surface area contributed by atoms with Crippen LogP contribution in [0.2, 0.25) is 0 Å². The first-order valence-electron chi connectivity index (χ1n) is 8.53. The second-order valence-electron chi connectivity index (χ2n) is 6.23. The van der Waals surface area contributed by atoms with Crippen molar-refractivity contribution in [1.29, 1.82) is 0 Å². The van der Waals surface area contributed by atoms with Gasteiger partial charge in [0, 0.05) is 18.8 Å². The summed E-state index contributed by atoms with van der Waals surface area (Å²) in [5.74, 6) is -3.14. The summed E-state index contributed by atoms with van der Waals surface area (Å²) in [6.07, 6.45) is 0. The zero-order chi connectivity index (χ0) is 22.0. The topological polar surface area (TPSA) is 177 Å². The van der Waals surface area contributed by atoms with E-state index in [9.17, 15) is 24.3 Å². The molecule has 30 heavy (non-hydrogen) atoms. The number of esters is 1. The molecule has 1 saturated heterocycles. The van der Waals surface area contributed by atoms with Gasteiger partial charge in [0.2, 0.25) is 0 Å². The van der Waals surface area contributed by atoms with Crippen LogP contribution in [0.3, 0.4) is 0 Å². The number of nitrogens with zero attached hydrogens (tertiary/aromatic N) is 4. The molecule has 2 aliphatic rings. The minimum Gasteiger partial charge on any atom is -0.478 e. The van der Waals surface area contributed by atoms with Crippen LogP contribution in [0.25, 0.3) is 0 Å². The van der Waals surface area contributed by atoms with Crippen LogP contribution in [0.4, 0.5) is 5.13 Å². The van der Waals surface area contributed by atoms with Crippen LogP contribution < -0.4 is 11.1 Å². The second-order valence-corrected chi connectivity index (χ2v) is 7.12. The number of carboxylic acid groups (broad SMARTS) is 1. The maximum Gasteiger partial charge on any atom is 0.334 e. The van der Waals surface area contributed by atoms with E-state index in [4.69, 9.17) is 15.3 Å². The SMILES string of the molecule is CO/N=C(\C(=O)N[C@H]1CN2CC(C(=O)O)=C(COC(C)=O)N2C1=O)c1csc(N)n1. The normalized spacial score (nSPS) is 19.1. The molecular formula is C16H18N6O7S. The van der Waals surface area contributed by atoms with E-state index in [1.54, 1.807) is 0 Å². The number of nitrogen functional groups attached to an aromatic ring is 1. The van der Waals surface area contributed by atoms with Gasteiger partial charge < -0.3 is 25.7 Å². The van der Waals surface area contributed by atoms with E-state index in [0.717, 1.165) is 16.3 Å². The summed E-state index contributed by atoms with van der Waals surface area (Å²) in [6.45, 7) is 0.731. The minimum absolute atomic E-state index is 0.0182. The van der Waals surface area contributed by atoms with Gasteiger partial charge in [-0.3, -0.25) is 14.4 Å². The van der Waals surface area contributed by atoms with E-state index >= 15 is 0 Å². The van der Waals surface area contributed by atoms with Crippen molar-refractivity contribution >= 4 is 45.9 Å². The van der Waals surface area contributed by atoms with Gasteiger partial charge in [-0.2, -0.15) is 0 Å². The highest BCUT2D eigenvalue weighted by Gasteiger charge is 2.47. The lowest BCUT2D eigenvalue weighted by molar-refractivity contribution is -0.143. The second kappa shape index (κ2) is 8.46. The highest BCUT2D eigenvalue weighted by Crippen LogP contribution is 2.29. The standard InChI is InChI=1S/C16H18N6O7S/c1-7(23)29-5-11-8(15(26)27)3-21-4-9(14(25)22(11)21)18-13(24)12(20-28-2)10-6-30-16(17)19-10/h6,9H,3-5H2,1-2H3,(H2,17,19)(H,18,24)(H,26,27)/b20-12-/t9-/m0/s1. The Bertz CT molecular complexity index is 971. The summed E-state index contributed by atoms with van der Waals surface area (Å²) in [5.41, 5.74) is 5.59. The van der Waals surface area contributed by atoms with Gasteiger partial charge in [-0.25, -0.2) is 19.8 Å². The number of nitrogens with two attached hydrogens (primary N) is 1. The lowest BCUT2D eigenvalue weighted by atomic mass is 10.1. The van der Waals surface area contributed by atoms with E-state index in [0.29, 0.717) is 0 Å². The van der Waals surface area contributed by atoms with E-state index in [1.807, 2.05) is 0 Å². The molecule has 0 bridgehead atoms. The summed E-state index contributed by atoms with van der Waals surface area (Å²) < 4.78 is 4.89. The molecule has 0 radical (unpaired) electrons. The molecule has 13 nitrogen and oxygen atoms in total. The van der Waals surface area contributed by atoms with Crippen LogP contribution >= 0.6 is 11.3 Å². The summed E-state index contributed by atoms with van der Waals surface area (Å²) in [5, 5.41) is 19.9. The molecule has 1 aromatic heterocycles. The molecule has 4 N–H and O–H groups in total. The largest absolute Gasteiger partial charge is 0.478 e. The smallest absolute Gasteiger partial charge is 0.334 e. The molecule has 0 aliphatic carbocycles. The van der Waals surface area contributed by atoms with Crippen molar-refractivity contribution in [2.75, 3.05) is 32.5 Å². The van der Waals surface area contributed by atoms with Gasteiger partial charge >= 0.3 is 11.9 Å². The van der Waals surface area contributed by atoms with Crippen molar-refractivity contribution in [3.63, 3.8) is 0 Å². The van der Waals surface area contributed by atoms with Crippen LogP contribution in [0.5, 0.6) is 0 Å². The number of carbonyl (C=O) groups excluding carboxylic acids is 3. The zero-order valence-corrected chi connectivity index (χ0v) is 16.8. The van der Waals surface area contributed by atoms with Crippen molar-refractivity contribution in [1.82, 2.24) is 20.3 Å². The minimum atomic E-state index is -1.23. The fraction of sp³-hybridized carbons (Fsp3) is 0.375. The Labute approximate surface area is 173 Å². The Kier molecular flexibility index (Phi) is 5.98. The van der Waals surface area contributed by atoms with Crippen LogP contribution in [0.1, 0.15) is 12.6 Å². The molecule has 2 amide bonds. The molecule has 1 atom stereocenters. The summed E-state index contributed by atoms with van der Waals surface area (Å²) in [6, 6.07) is -0.988. The molecule has 160 valence electrons. The first-order chi connectivity index (χ1) is 14.2. The van der Waals surface area contributed by atoms with Gasteiger partial charge in [0.15, 0.2) is 10.8 Å². The average Bonchev–Trinajstić information content (AvgIpc) is 3.34. The van der Waals surface area contributed by atoms with Crippen molar-refractivity contribution in [2.45, 2.75) is 13.0 Å². The zero-order valence-electron chi connectivity index (χ0n) is 15.9. The van der Waals surface area contributed by atoms with Crippen molar-refractivity contribution in [3.8, 4) is 0 Å². The Morgan fingerprint density at radius 1 is 1.47 bits per heavy atom. The fourth-order valence-electron chi connectivity index (χ4n) is 3.03. The molecule has 3 rings (SSSR count). The van der Waals surface area contributed by atoms with E-state index < -0.39 is 29.8 Å². The van der Waals surface area contributed by atoms with Gasteiger partial charge in [0.1, 0.15) is 25.5 Å². The number of nitrogens with one attached hydrogen (secondary N) is 1. The Morgan fingerprint density at radius 2 is 2.20 bits per heavy atom. The van der Waals surface area contributed by atoms with Gasteiger partial charge in [-0.1, -0.05) is 5.16 Å². The van der Waals surface area contributed by atoms with Gasteiger partial charge in [0.25, 0.3) is 11.8 Å². The monoisotopic (exact) mass is 438 g/mol. The number of fused-ring (bicyclic) bond motifs is 1. The molecule has 1 fully saturated rings. The third-order valence-electron chi connectivity index (χ3n) is 4.27. The molecule has 14 heteroatoms. The molecule has 3 heterocycles. The third kappa shape index (κ3) is 4.08. The number of carbonyl (C=O) groups is 4. The number of hydrogen-bond donors (Lipinski definition) is 3. The van der Waals surface area contributed by atoms with Crippen molar-refractivity contribution in [2.24, 2.45) is 5.16 Å². The van der Waals surface area contributed by atoms with Gasteiger partial charge in [0.05, 0.1) is 17.8 Å². The Hall–Kier alpha value is -3.52. The molecule has 2 aliphatic heterocycles. The van der Waals surface area contributed by atoms with E-state index in [-0.39, 0.29) is 47.5 Å². The van der Waals surface area contributed by atoms with E-state index in [1.165, 1.54) is 24.4 Å². The van der Waals surface area contributed by atoms with Crippen molar-refractivity contribution in [3.05, 3.63) is 22.3 Å². The first kappa shape index (κ1) is 21.2. The van der Waals surface area contributed by atoms with Crippen molar-refractivity contribution < 1.29 is 33.9 Å². The van der Waals surface area contributed by atoms with Gasteiger partial charge in [-0.05, 0) is 0 Å². The summed E-state index contributed by atoms with van der Waals surface area (Å²) >= 11 is 1.11. The van der Waals surface area contributed by atoms with Crippen LogP contribution in [-0.4, -0.2) is 82.4 Å². The number of carboxylic acids is 1. The number of thiazole rings is 1. The molecule has 0 saturated carbocycles. The predicted molar refractivity (Wildman–Crippen MR) is 102 cm³/mol. The quantitative estimate of drug-likeness (QED) is 0.259. The first-order valence-corrected chi connectivity index (χ1v) is 9.41. The molecular weight excluding hydrogens is 420 g/mol. The highest BCUT2D eigenvalue weighted by atomic mass is 32.1. The predicted octanol–water partition coefficient (Wildman–Crippen LogP) is -1.46. The van der Waals surface area contributed by atoms with Gasteiger partial charge in [-0.15, -0.1) is 11.3 Å².